The van der Waals surface area contributed by atoms with E-state index in [1.54, 1.807) is 13.0 Å². The van der Waals surface area contributed by atoms with Crippen LogP contribution in [0.25, 0.3) is 0 Å². The first-order valence-electron chi connectivity index (χ1n) is 9.47. The lowest BCUT2D eigenvalue weighted by Gasteiger charge is -2.35. The van der Waals surface area contributed by atoms with Gasteiger partial charge in [0, 0.05) is 6.54 Å². The molecule has 1 saturated carbocycles. The van der Waals surface area contributed by atoms with Crippen molar-refractivity contribution in [2.45, 2.75) is 44.8 Å². The molecule has 1 aliphatic heterocycles. The zero-order valence-corrected chi connectivity index (χ0v) is 15.8. The SMILES string of the molecule is CCCNC(=O)[C@@H]1CN(CC(=O)N[C@@](C)(C#N)C2CC2)c2ccccc2O1. The topological polar surface area (TPSA) is 94.5 Å². The van der Waals surface area contributed by atoms with E-state index in [1.165, 1.54) is 0 Å². The number of para-hydroxylation sites is 2. The largest absolute Gasteiger partial charge is 0.477 e. The zero-order valence-electron chi connectivity index (χ0n) is 15.8. The molecule has 3 rings (SSSR count). The first-order valence-corrected chi connectivity index (χ1v) is 9.47. The minimum atomic E-state index is -0.833. The second-order valence-corrected chi connectivity index (χ2v) is 7.38. The standard InChI is InChI=1S/C20H26N4O3/c1-3-10-22-19(26)17-11-24(15-6-4-5-7-16(15)27-17)12-18(25)23-20(2,13-21)14-8-9-14/h4-7,14,17H,3,8-12H2,1-2H3,(H,22,26)(H,23,25)/t17-,20-/m0/s1. The highest BCUT2D eigenvalue weighted by Crippen LogP contribution is 2.39. The normalized spacial score (nSPS) is 20.5. The first-order chi connectivity index (χ1) is 13.0. The molecule has 7 heteroatoms. The number of ether oxygens (including phenoxy) is 1. The summed E-state index contributed by atoms with van der Waals surface area (Å²) in [5.74, 6) is 0.390. The van der Waals surface area contributed by atoms with Crippen LogP contribution in [0.1, 0.15) is 33.1 Å². The lowest BCUT2D eigenvalue weighted by atomic mass is 9.98. The van der Waals surface area contributed by atoms with Gasteiger partial charge < -0.3 is 20.3 Å². The monoisotopic (exact) mass is 370 g/mol. The van der Waals surface area contributed by atoms with Crippen LogP contribution in [0.2, 0.25) is 0 Å². The average molecular weight is 370 g/mol. The molecule has 27 heavy (non-hydrogen) atoms. The van der Waals surface area contributed by atoms with E-state index in [0.717, 1.165) is 24.9 Å². The smallest absolute Gasteiger partial charge is 0.262 e. The third-order valence-electron chi connectivity index (χ3n) is 5.06. The Labute approximate surface area is 159 Å². The molecule has 0 radical (unpaired) electrons. The van der Waals surface area contributed by atoms with Crippen molar-refractivity contribution in [3.8, 4) is 11.8 Å². The van der Waals surface area contributed by atoms with Crippen LogP contribution in [0.4, 0.5) is 5.69 Å². The lowest BCUT2D eigenvalue weighted by molar-refractivity contribution is -0.128. The Kier molecular flexibility index (Phi) is 5.54. The van der Waals surface area contributed by atoms with E-state index in [1.807, 2.05) is 30.0 Å². The third kappa shape index (κ3) is 4.33. The van der Waals surface area contributed by atoms with Crippen LogP contribution < -0.4 is 20.3 Å². The van der Waals surface area contributed by atoms with Gasteiger partial charge in [-0.25, -0.2) is 0 Å². The van der Waals surface area contributed by atoms with E-state index < -0.39 is 11.6 Å². The van der Waals surface area contributed by atoms with Crippen molar-refractivity contribution in [3.63, 3.8) is 0 Å². The van der Waals surface area contributed by atoms with Gasteiger partial charge in [-0.15, -0.1) is 0 Å². The van der Waals surface area contributed by atoms with Gasteiger partial charge in [0.05, 0.1) is 24.8 Å². The molecule has 1 heterocycles. The first kappa shape index (κ1) is 19.0. The molecule has 1 fully saturated rings. The van der Waals surface area contributed by atoms with Gasteiger partial charge in [-0.3, -0.25) is 9.59 Å². The Hall–Kier alpha value is -2.75. The quantitative estimate of drug-likeness (QED) is 0.760. The Morgan fingerprint density at radius 3 is 2.78 bits per heavy atom. The van der Waals surface area contributed by atoms with Crippen LogP contribution in [0, 0.1) is 17.2 Å². The van der Waals surface area contributed by atoms with Crippen molar-refractivity contribution >= 4 is 17.5 Å². The van der Waals surface area contributed by atoms with Gasteiger partial charge in [-0.2, -0.15) is 5.26 Å². The Balaban J connectivity index is 1.72. The number of carbonyl (C=O) groups is 2. The van der Waals surface area contributed by atoms with Crippen LogP contribution in [-0.4, -0.2) is 43.1 Å². The summed E-state index contributed by atoms with van der Waals surface area (Å²) in [6.45, 7) is 4.70. The lowest BCUT2D eigenvalue weighted by Crippen LogP contribution is -2.54. The minimum absolute atomic E-state index is 0.0714. The highest BCUT2D eigenvalue weighted by atomic mass is 16.5. The van der Waals surface area contributed by atoms with Gasteiger partial charge in [-0.05, 0) is 44.2 Å². The number of benzene rings is 1. The number of hydrogen-bond acceptors (Lipinski definition) is 5. The number of nitrogens with one attached hydrogen (secondary N) is 2. The van der Waals surface area contributed by atoms with E-state index in [-0.39, 0.29) is 30.8 Å². The summed E-state index contributed by atoms with van der Waals surface area (Å²) >= 11 is 0. The second kappa shape index (κ2) is 7.87. The molecule has 0 bridgehead atoms. The molecule has 1 aromatic carbocycles. The van der Waals surface area contributed by atoms with Gasteiger partial charge >= 0.3 is 0 Å². The number of nitriles is 1. The summed E-state index contributed by atoms with van der Waals surface area (Å²) < 4.78 is 5.84. The van der Waals surface area contributed by atoms with E-state index in [2.05, 4.69) is 16.7 Å². The molecule has 0 unspecified atom stereocenters. The molecule has 0 spiro atoms. The molecule has 2 N–H and O–H groups in total. The summed E-state index contributed by atoms with van der Waals surface area (Å²) in [4.78, 5) is 26.8. The maximum absolute atomic E-state index is 12.6. The molecule has 2 amide bonds. The Morgan fingerprint density at radius 2 is 2.11 bits per heavy atom. The fourth-order valence-corrected chi connectivity index (χ4v) is 3.34. The Morgan fingerprint density at radius 1 is 1.37 bits per heavy atom. The van der Waals surface area contributed by atoms with E-state index in [0.29, 0.717) is 12.3 Å². The van der Waals surface area contributed by atoms with Gasteiger partial charge in [0.25, 0.3) is 5.91 Å². The van der Waals surface area contributed by atoms with Crippen molar-refractivity contribution in [3.05, 3.63) is 24.3 Å². The predicted molar refractivity (Wildman–Crippen MR) is 101 cm³/mol. The maximum atomic E-state index is 12.6. The summed E-state index contributed by atoms with van der Waals surface area (Å²) in [5, 5.41) is 15.2. The van der Waals surface area contributed by atoms with Gasteiger partial charge in [0.2, 0.25) is 5.91 Å². The van der Waals surface area contributed by atoms with Crippen LogP contribution in [0.3, 0.4) is 0 Å². The van der Waals surface area contributed by atoms with Crippen molar-refractivity contribution in [2.75, 3.05) is 24.5 Å². The molecule has 2 atom stereocenters. The highest BCUT2D eigenvalue weighted by Gasteiger charge is 2.43. The maximum Gasteiger partial charge on any atom is 0.262 e. The number of fused-ring (bicyclic) bond motifs is 1. The predicted octanol–water partition coefficient (Wildman–Crippen LogP) is 1.59. The minimum Gasteiger partial charge on any atom is -0.477 e. The van der Waals surface area contributed by atoms with Crippen LogP contribution in [-0.2, 0) is 9.59 Å². The highest BCUT2D eigenvalue weighted by molar-refractivity contribution is 5.86. The Bertz CT molecular complexity index is 756. The number of amides is 2. The molecular weight excluding hydrogens is 344 g/mol. The molecular formula is C20H26N4O3. The molecule has 144 valence electrons. The molecule has 1 aliphatic carbocycles. The molecule has 2 aliphatic rings. The number of rotatable bonds is 7. The number of carbonyl (C=O) groups excluding carboxylic acids is 2. The fourth-order valence-electron chi connectivity index (χ4n) is 3.34. The van der Waals surface area contributed by atoms with Crippen LogP contribution in [0.15, 0.2) is 24.3 Å². The van der Waals surface area contributed by atoms with Gasteiger partial charge in [0.15, 0.2) is 6.10 Å². The molecule has 0 saturated heterocycles. The van der Waals surface area contributed by atoms with Crippen molar-refractivity contribution in [1.29, 1.82) is 5.26 Å². The summed E-state index contributed by atoms with van der Waals surface area (Å²) in [6.07, 6.45) is 2.09. The summed E-state index contributed by atoms with van der Waals surface area (Å²) in [5.41, 5.74) is -0.0573. The third-order valence-corrected chi connectivity index (χ3v) is 5.06. The van der Waals surface area contributed by atoms with Gasteiger partial charge in [-0.1, -0.05) is 19.1 Å². The van der Waals surface area contributed by atoms with Crippen molar-refractivity contribution in [1.82, 2.24) is 10.6 Å². The van der Waals surface area contributed by atoms with Gasteiger partial charge in [0.1, 0.15) is 11.3 Å². The number of nitrogens with zero attached hydrogens (tertiary/aromatic N) is 2. The van der Waals surface area contributed by atoms with Crippen molar-refractivity contribution < 1.29 is 14.3 Å². The van der Waals surface area contributed by atoms with E-state index >= 15 is 0 Å². The number of anilines is 1. The van der Waals surface area contributed by atoms with Crippen molar-refractivity contribution in [2.24, 2.45) is 5.92 Å². The number of hydrogen-bond donors (Lipinski definition) is 2. The summed E-state index contributed by atoms with van der Waals surface area (Å²) in [7, 11) is 0. The summed E-state index contributed by atoms with van der Waals surface area (Å²) in [6, 6.07) is 9.61. The molecule has 7 nitrogen and oxygen atoms in total. The van der Waals surface area contributed by atoms with Crippen LogP contribution in [0.5, 0.6) is 5.75 Å². The van der Waals surface area contributed by atoms with Crippen LogP contribution >= 0.6 is 0 Å². The second-order valence-electron chi connectivity index (χ2n) is 7.38. The van der Waals surface area contributed by atoms with E-state index in [4.69, 9.17) is 4.74 Å². The fraction of sp³-hybridized carbons (Fsp3) is 0.550. The molecule has 0 aromatic heterocycles. The van der Waals surface area contributed by atoms with E-state index in [9.17, 15) is 14.9 Å². The zero-order chi connectivity index (χ0) is 19.4. The average Bonchev–Trinajstić information content (AvgIpc) is 3.51. The molecule has 1 aromatic rings.